The molecule has 0 aromatic carbocycles. The second-order valence-corrected chi connectivity index (χ2v) is 6.87. The van der Waals surface area contributed by atoms with E-state index in [9.17, 15) is 0 Å². The second-order valence-electron chi connectivity index (χ2n) is 6.02. The molecule has 0 spiro atoms. The highest BCUT2D eigenvalue weighted by atomic mass is 32.1. The summed E-state index contributed by atoms with van der Waals surface area (Å²) in [6, 6.07) is 0.502. The highest BCUT2D eigenvalue weighted by Crippen LogP contribution is 2.35. The first-order chi connectivity index (χ1) is 9.05. The molecule has 2 rings (SSSR count). The predicted molar refractivity (Wildman–Crippen MR) is 82.8 cm³/mol. The van der Waals surface area contributed by atoms with Crippen molar-refractivity contribution < 1.29 is 0 Å². The number of thiazole rings is 1. The van der Waals surface area contributed by atoms with E-state index in [4.69, 9.17) is 4.98 Å². The molecule has 1 saturated heterocycles. The molecule has 0 bridgehead atoms. The van der Waals surface area contributed by atoms with Crippen LogP contribution < -0.4 is 5.32 Å². The van der Waals surface area contributed by atoms with Crippen molar-refractivity contribution in [3.05, 3.63) is 16.1 Å². The van der Waals surface area contributed by atoms with Crippen LogP contribution in [0.2, 0.25) is 0 Å². The van der Waals surface area contributed by atoms with Gasteiger partial charge in [-0.05, 0) is 46.6 Å². The summed E-state index contributed by atoms with van der Waals surface area (Å²) in [7, 11) is 0. The van der Waals surface area contributed by atoms with Crippen LogP contribution in [0, 0.1) is 6.92 Å². The Labute approximate surface area is 121 Å². The summed E-state index contributed by atoms with van der Waals surface area (Å²) in [5, 5.41) is 7.27. The molecule has 2 heterocycles. The Bertz CT molecular complexity index is 392. The molecule has 19 heavy (non-hydrogen) atoms. The van der Waals surface area contributed by atoms with Crippen molar-refractivity contribution >= 4 is 11.3 Å². The average Bonchev–Trinajstić information content (AvgIpc) is 2.79. The van der Waals surface area contributed by atoms with Crippen LogP contribution in [0.15, 0.2) is 5.38 Å². The van der Waals surface area contributed by atoms with Crippen LogP contribution in [0.4, 0.5) is 0 Å². The number of nitrogens with one attached hydrogen (secondary N) is 1. The zero-order chi connectivity index (χ0) is 13.9. The van der Waals surface area contributed by atoms with Crippen molar-refractivity contribution in [1.29, 1.82) is 0 Å². The fourth-order valence-corrected chi connectivity index (χ4v) is 4.04. The largest absolute Gasteiger partial charge is 0.303 e. The average molecular weight is 281 g/mol. The molecule has 1 aliphatic rings. The van der Waals surface area contributed by atoms with Crippen molar-refractivity contribution in [2.45, 2.75) is 58.5 Å². The van der Waals surface area contributed by atoms with Crippen molar-refractivity contribution in [1.82, 2.24) is 15.2 Å². The van der Waals surface area contributed by atoms with Gasteiger partial charge in [0.1, 0.15) is 5.01 Å². The number of aromatic nitrogens is 1. The Hall–Kier alpha value is -0.450. The van der Waals surface area contributed by atoms with Crippen LogP contribution in [0.1, 0.15) is 50.7 Å². The van der Waals surface area contributed by atoms with Gasteiger partial charge < -0.3 is 10.2 Å². The van der Waals surface area contributed by atoms with Crippen LogP contribution in [0.25, 0.3) is 0 Å². The molecule has 1 N–H and O–H groups in total. The van der Waals surface area contributed by atoms with Gasteiger partial charge in [0, 0.05) is 30.2 Å². The molecule has 1 aromatic heterocycles. The van der Waals surface area contributed by atoms with E-state index in [-0.39, 0.29) is 5.54 Å². The number of rotatable bonds is 5. The van der Waals surface area contributed by atoms with Gasteiger partial charge in [0.15, 0.2) is 0 Å². The summed E-state index contributed by atoms with van der Waals surface area (Å²) in [6.07, 6.45) is 3.61. The van der Waals surface area contributed by atoms with E-state index in [1.807, 2.05) is 11.3 Å². The third-order valence-corrected chi connectivity index (χ3v) is 5.01. The SMILES string of the molecule is CCCN1CCC(NC(C)C)(c2nc(C)cs2)CC1. The minimum absolute atomic E-state index is 0.108. The number of piperidine rings is 1. The lowest BCUT2D eigenvalue weighted by Crippen LogP contribution is -2.53. The normalized spacial score (nSPS) is 20.1. The molecule has 0 unspecified atom stereocenters. The first kappa shape index (κ1) is 14.9. The van der Waals surface area contributed by atoms with Crippen LogP contribution in [0.5, 0.6) is 0 Å². The molecule has 0 saturated carbocycles. The van der Waals surface area contributed by atoms with E-state index in [0.717, 1.165) is 5.69 Å². The fraction of sp³-hybridized carbons (Fsp3) is 0.800. The molecule has 0 atom stereocenters. The topological polar surface area (TPSA) is 28.2 Å². The monoisotopic (exact) mass is 281 g/mol. The lowest BCUT2D eigenvalue weighted by atomic mass is 9.87. The number of nitrogens with zero attached hydrogens (tertiary/aromatic N) is 2. The van der Waals surface area contributed by atoms with E-state index in [0.29, 0.717) is 6.04 Å². The first-order valence-corrected chi connectivity index (χ1v) is 8.36. The Kier molecular flexibility index (Phi) is 4.98. The number of hydrogen-bond acceptors (Lipinski definition) is 4. The van der Waals surface area contributed by atoms with Gasteiger partial charge in [0.05, 0.1) is 5.54 Å². The zero-order valence-electron chi connectivity index (χ0n) is 12.7. The highest BCUT2D eigenvalue weighted by Gasteiger charge is 2.38. The summed E-state index contributed by atoms with van der Waals surface area (Å²) in [5.74, 6) is 0. The predicted octanol–water partition coefficient (Wildman–Crippen LogP) is 3.15. The maximum absolute atomic E-state index is 4.77. The summed E-state index contributed by atoms with van der Waals surface area (Å²) in [4.78, 5) is 7.35. The Balaban J connectivity index is 2.13. The summed E-state index contributed by atoms with van der Waals surface area (Å²) >= 11 is 1.82. The minimum atomic E-state index is 0.108. The van der Waals surface area contributed by atoms with Crippen molar-refractivity contribution in [2.24, 2.45) is 0 Å². The van der Waals surface area contributed by atoms with Crippen LogP contribution in [0.3, 0.4) is 0 Å². The summed E-state index contributed by atoms with van der Waals surface area (Å²) in [6.45, 7) is 12.4. The maximum Gasteiger partial charge on any atom is 0.113 e. The standard InChI is InChI=1S/C15H27N3S/c1-5-8-18-9-6-15(7-10-18,17-12(2)3)14-16-13(4)11-19-14/h11-12,17H,5-10H2,1-4H3. The molecule has 1 aliphatic heterocycles. The smallest absolute Gasteiger partial charge is 0.113 e. The van der Waals surface area contributed by atoms with Gasteiger partial charge in [-0.1, -0.05) is 6.92 Å². The third kappa shape index (κ3) is 3.56. The molecule has 0 aliphatic carbocycles. The molecule has 108 valence electrons. The minimum Gasteiger partial charge on any atom is -0.303 e. The molecule has 3 nitrogen and oxygen atoms in total. The zero-order valence-corrected chi connectivity index (χ0v) is 13.5. The molecular weight excluding hydrogens is 254 g/mol. The van der Waals surface area contributed by atoms with Gasteiger partial charge in [-0.3, -0.25) is 0 Å². The maximum atomic E-state index is 4.77. The van der Waals surface area contributed by atoms with Crippen LogP contribution >= 0.6 is 11.3 Å². The molecular formula is C15H27N3S. The Morgan fingerprint density at radius 3 is 2.58 bits per heavy atom. The summed E-state index contributed by atoms with van der Waals surface area (Å²) < 4.78 is 0. The van der Waals surface area contributed by atoms with Gasteiger partial charge >= 0.3 is 0 Å². The van der Waals surface area contributed by atoms with Gasteiger partial charge in [-0.2, -0.15) is 0 Å². The third-order valence-electron chi connectivity index (χ3n) is 3.84. The van der Waals surface area contributed by atoms with Gasteiger partial charge in [0.2, 0.25) is 0 Å². The molecule has 0 amide bonds. The Morgan fingerprint density at radius 2 is 2.11 bits per heavy atom. The fourth-order valence-electron chi connectivity index (χ4n) is 3.02. The van der Waals surface area contributed by atoms with Crippen LogP contribution in [-0.4, -0.2) is 35.6 Å². The summed E-state index contributed by atoms with van der Waals surface area (Å²) in [5.41, 5.74) is 1.26. The second kappa shape index (κ2) is 6.33. The molecule has 1 aromatic rings. The van der Waals surface area contributed by atoms with E-state index in [1.165, 1.54) is 43.9 Å². The van der Waals surface area contributed by atoms with E-state index >= 15 is 0 Å². The molecule has 0 radical (unpaired) electrons. The molecule has 4 heteroatoms. The van der Waals surface area contributed by atoms with Crippen LogP contribution in [-0.2, 0) is 5.54 Å². The van der Waals surface area contributed by atoms with Crippen molar-refractivity contribution in [3.8, 4) is 0 Å². The van der Waals surface area contributed by atoms with Gasteiger partial charge in [0.25, 0.3) is 0 Å². The molecule has 1 fully saturated rings. The number of aryl methyl sites for hydroxylation is 1. The van der Waals surface area contributed by atoms with Crippen molar-refractivity contribution in [3.63, 3.8) is 0 Å². The first-order valence-electron chi connectivity index (χ1n) is 7.48. The lowest BCUT2D eigenvalue weighted by molar-refractivity contribution is 0.126. The highest BCUT2D eigenvalue weighted by molar-refractivity contribution is 7.09. The van der Waals surface area contributed by atoms with Crippen molar-refractivity contribution in [2.75, 3.05) is 19.6 Å². The van der Waals surface area contributed by atoms with E-state index in [2.05, 4.69) is 43.3 Å². The lowest BCUT2D eigenvalue weighted by Gasteiger charge is -2.42. The number of likely N-dealkylation sites (tertiary alicyclic amines) is 1. The van der Waals surface area contributed by atoms with E-state index in [1.54, 1.807) is 0 Å². The van der Waals surface area contributed by atoms with Gasteiger partial charge in [-0.25, -0.2) is 4.98 Å². The number of hydrogen-bond donors (Lipinski definition) is 1. The van der Waals surface area contributed by atoms with E-state index < -0.39 is 0 Å². The van der Waals surface area contributed by atoms with Gasteiger partial charge in [-0.15, -0.1) is 11.3 Å². The Morgan fingerprint density at radius 1 is 1.42 bits per heavy atom. The quantitative estimate of drug-likeness (QED) is 0.898.